The SMILES string of the molecule is O=C(CN(c1ccc(F)cc1)S(=O)(=O)c1ccccc1)N/N=C/c1cc2c(cc1Br)OCO2. The zero-order valence-electron chi connectivity index (χ0n) is 16.9. The van der Waals surface area contributed by atoms with Crippen LogP contribution >= 0.6 is 15.9 Å². The Labute approximate surface area is 197 Å². The van der Waals surface area contributed by atoms with E-state index in [0.29, 0.717) is 21.5 Å². The molecule has 0 spiro atoms. The van der Waals surface area contributed by atoms with Crippen molar-refractivity contribution in [3.8, 4) is 11.5 Å². The Morgan fingerprint density at radius 1 is 1.09 bits per heavy atom. The van der Waals surface area contributed by atoms with Crippen LogP contribution in [0.15, 0.2) is 81.2 Å². The highest BCUT2D eigenvalue weighted by Crippen LogP contribution is 2.36. The van der Waals surface area contributed by atoms with Crippen LogP contribution in [0.25, 0.3) is 0 Å². The summed E-state index contributed by atoms with van der Waals surface area (Å²) in [5.41, 5.74) is 3.07. The molecule has 1 aliphatic rings. The second-order valence-corrected chi connectivity index (χ2v) is 9.54. The van der Waals surface area contributed by atoms with E-state index in [1.54, 1.807) is 30.3 Å². The monoisotopic (exact) mass is 533 g/mol. The molecule has 0 saturated carbocycles. The Balaban J connectivity index is 1.53. The van der Waals surface area contributed by atoms with E-state index in [1.165, 1.54) is 30.5 Å². The molecule has 0 saturated heterocycles. The highest BCUT2D eigenvalue weighted by Gasteiger charge is 2.27. The predicted molar refractivity (Wildman–Crippen MR) is 123 cm³/mol. The molecule has 1 heterocycles. The average Bonchev–Trinajstić information content (AvgIpc) is 3.26. The lowest BCUT2D eigenvalue weighted by Crippen LogP contribution is -2.39. The first-order valence-electron chi connectivity index (χ1n) is 9.59. The molecule has 1 aliphatic heterocycles. The molecule has 0 aromatic heterocycles. The van der Waals surface area contributed by atoms with Crippen LogP contribution in [0.2, 0.25) is 0 Å². The van der Waals surface area contributed by atoms with Crippen molar-refractivity contribution in [3.05, 3.63) is 82.6 Å². The number of hydrazone groups is 1. The Morgan fingerprint density at radius 2 is 1.76 bits per heavy atom. The summed E-state index contributed by atoms with van der Waals surface area (Å²) in [5, 5.41) is 3.91. The minimum absolute atomic E-state index is 0.00471. The smallest absolute Gasteiger partial charge is 0.264 e. The molecule has 33 heavy (non-hydrogen) atoms. The largest absolute Gasteiger partial charge is 0.454 e. The molecule has 3 aromatic carbocycles. The van der Waals surface area contributed by atoms with E-state index in [2.05, 4.69) is 26.5 Å². The van der Waals surface area contributed by atoms with Crippen LogP contribution in [0.5, 0.6) is 11.5 Å². The van der Waals surface area contributed by atoms with Gasteiger partial charge in [-0.3, -0.25) is 9.10 Å². The zero-order valence-corrected chi connectivity index (χ0v) is 19.3. The maximum atomic E-state index is 13.4. The number of nitrogens with one attached hydrogen (secondary N) is 1. The van der Waals surface area contributed by atoms with Crippen LogP contribution in [0, 0.1) is 5.82 Å². The summed E-state index contributed by atoms with van der Waals surface area (Å²) in [6.07, 6.45) is 1.39. The first-order chi connectivity index (χ1) is 15.8. The van der Waals surface area contributed by atoms with Gasteiger partial charge in [0.05, 0.1) is 16.8 Å². The van der Waals surface area contributed by atoms with Gasteiger partial charge in [-0.15, -0.1) is 0 Å². The predicted octanol–water partition coefficient (Wildman–Crippen LogP) is 3.66. The molecule has 170 valence electrons. The fraction of sp³-hybridized carbons (Fsp3) is 0.0909. The van der Waals surface area contributed by atoms with Crippen LogP contribution < -0.4 is 19.2 Å². The van der Waals surface area contributed by atoms with E-state index in [-0.39, 0.29) is 17.4 Å². The van der Waals surface area contributed by atoms with Crippen molar-refractivity contribution in [2.24, 2.45) is 5.10 Å². The summed E-state index contributed by atoms with van der Waals surface area (Å²) in [6.45, 7) is -0.448. The van der Waals surface area contributed by atoms with Crippen LogP contribution in [-0.4, -0.2) is 33.9 Å². The quantitative estimate of drug-likeness (QED) is 0.369. The molecular weight excluding hydrogens is 517 g/mol. The van der Waals surface area contributed by atoms with Gasteiger partial charge < -0.3 is 9.47 Å². The third-order valence-corrected chi connectivity index (χ3v) is 7.09. The van der Waals surface area contributed by atoms with E-state index in [4.69, 9.17) is 9.47 Å². The normalized spacial score (nSPS) is 12.7. The van der Waals surface area contributed by atoms with Gasteiger partial charge in [-0.2, -0.15) is 5.10 Å². The number of halogens is 2. The number of carbonyl (C=O) groups excluding carboxylic acids is 1. The maximum absolute atomic E-state index is 13.4. The van der Waals surface area contributed by atoms with Gasteiger partial charge in [0.1, 0.15) is 12.4 Å². The number of amides is 1. The van der Waals surface area contributed by atoms with Gasteiger partial charge in [-0.05, 0) is 64.5 Å². The van der Waals surface area contributed by atoms with E-state index in [0.717, 1.165) is 16.4 Å². The average molecular weight is 534 g/mol. The van der Waals surface area contributed by atoms with Gasteiger partial charge in [-0.25, -0.2) is 18.2 Å². The van der Waals surface area contributed by atoms with Crippen molar-refractivity contribution < 1.29 is 27.1 Å². The summed E-state index contributed by atoms with van der Waals surface area (Å²) in [7, 11) is -4.09. The number of anilines is 1. The summed E-state index contributed by atoms with van der Waals surface area (Å²) >= 11 is 3.39. The first kappa shape index (κ1) is 22.7. The molecule has 0 fully saturated rings. The van der Waals surface area contributed by atoms with Crippen molar-refractivity contribution in [1.82, 2.24) is 5.43 Å². The zero-order chi connectivity index (χ0) is 23.4. The molecule has 0 aliphatic carbocycles. The second kappa shape index (κ2) is 9.59. The molecule has 0 bridgehead atoms. The fourth-order valence-electron chi connectivity index (χ4n) is 3.01. The van der Waals surface area contributed by atoms with Crippen LogP contribution in [0.4, 0.5) is 10.1 Å². The highest BCUT2D eigenvalue weighted by molar-refractivity contribution is 9.10. The van der Waals surface area contributed by atoms with Crippen molar-refractivity contribution >= 4 is 43.8 Å². The van der Waals surface area contributed by atoms with Crippen LogP contribution in [-0.2, 0) is 14.8 Å². The van der Waals surface area contributed by atoms with Crippen molar-refractivity contribution in [3.63, 3.8) is 0 Å². The lowest BCUT2D eigenvalue weighted by molar-refractivity contribution is -0.119. The summed E-state index contributed by atoms with van der Waals surface area (Å²) < 4.78 is 51.9. The molecule has 8 nitrogen and oxygen atoms in total. The van der Waals surface area contributed by atoms with Crippen LogP contribution in [0.1, 0.15) is 5.56 Å². The topological polar surface area (TPSA) is 97.3 Å². The number of ether oxygens (including phenoxy) is 2. The van der Waals surface area contributed by atoms with Gasteiger partial charge in [0.25, 0.3) is 15.9 Å². The van der Waals surface area contributed by atoms with E-state index < -0.39 is 28.3 Å². The number of hydrogen-bond donors (Lipinski definition) is 1. The number of fused-ring (bicyclic) bond motifs is 1. The van der Waals surface area contributed by atoms with E-state index in [1.807, 2.05) is 0 Å². The van der Waals surface area contributed by atoms with E-state index >= 15 is 0 Å². The molecule has 1 N–H and O–H groups in total. The number of sulfonamides is 1. The summed E-state index contributed by atoms with van der Waals surface area (Å²) in [6, 6.07) is 15.9. The van der Waals surface area contributed by atoms with Gasteiger partial charge in [0.15, 0.2) is 11.5 Å². The molecule has 3 aromatic rings. The lowest BCUT2D eigenvalue weighted by Gasteiger charge is -2.23. The van der Waals surface area contributed by atoms with Gasteiger partial charge in [0.2, 0.25) is 6.79 Å². The Kier molecular flexibility index (Phi) is 6.61. The third-order valence-electron chi connectivity index (χ3n) is 4.62. The molecule has 0 unspecified atom stereocenters. The molecule has 11 heteroatoms. The molecule has 1 amide bonds. The summed E-state index contributed by atoms with van der Waals surface area (Å²) in [5.74, 6) is -0.0855. The van der Waals surface area contributed by atoms with Crippen molar-refractivity contribution in [1.29, 1.82) is 0 Å². The third kappa shape index (κ3) is 5.15. The second-order valence-electron chi connectivity index (χ2n) is 6.82. The number of benzene rings is 3. The minimum atomic E-state index is -4.09. The fourth-order valence-corrected chi connectivity index (χ4v) is 4.88. The standard InChI is InChI=1S/C22H17BrFN3O5S/c23-19-11-21-20(31-14-32-21)10-15(19)12-25-26-22(28)13-27(17-8-6-16(24)7-9-17)33(29,30)18-4-2-1-3-5-18/h1-12H,13-14H2,(H,26,28)/b25-12+. The van der Waals surface area contributed by atoms with Gasteiger partial charge >= 0.3 is 0 Å². The number of rotatable bonds is 7. The molecule has 0 radical (unpaired) electrons. The first-order valence-corrected chi connectivity index (χ1v) is 11.8. The Bertz CT molecular complexity index is 1300. The van der Waals surface area contributed by atoms with Crippen molar-refractivity contribution in [2.75, 3.05) is 17.6 Å². The molecular formula is C22H17BrFN3O5S. The Morgan fingerprint density at radius 3 is 2.45 bits per heavy atom. The molecule has 4 rings (SSSR count). The van der Waals surface area contributed by atoms with Gasteiger partial charge in [-0.1, -0.05) is 18.2 Å². The minimum Gasteiger partial charge on any atom is -0.454 e. The number of hydrogen-bond acceptors (Lipinski definition) is 6. The van der Waals surface area contributed by atoms with Gasteiger partial charge in [0, 0.05) is 10.0 Å². The Hall–Kier alpha value is -3.44. The highest BCUT2D eigenvalue weighted by atomic mass is 79.9. The molecule has 0 atom stereocenters. The lowest BCUT2D eigenvalue weighted by atomic mass is 10.2. The van der Waals surface area contributed by atoms with Crippen molar-refractivity contribution in [2.45, 2.75) is 4.90 Å². The van der Waals surface area contributed by atoms with Crippen LogP contribution in [0.3, 0.4) is 0 Å². The summed E-state index contributed by atoms with van der Waals surface area (Å²) in [4.78, 5) is 12.6. The number of nitrogens with zero attached hydrogens (tertiary/aromatic N) is 2. The number of carbonyl (C=O) groups is 1. The maximum Gasteiger partial charge on any atom is 0.264 e. The van der Waals surface area contributed by atoms with E-state index in [9.17, 15) is 17.6 Å².